The van der Waals surface area contributed by atoms with Crippen molar-refractivity contribution in [2.75, 3.05) is 13.1 Å². The van der Waals surface area contributed by atoms with Crippen LogP contribution in [-0.4, -0.2) is 37.0 Å². The normalized spacial score (nSPS) is 14.2. The van der Waals surface area contributed by atoms with Crippen molar-refractivity contribution in [3.8, 4) is 0 Å². The maximum Gasteiger partial charge on any atom is 0.407 e. The molecule has 4 nitrogen and oxygen atoms in total. The molecule has 0 aliphatic heterocycles. The highest BCUT2D eigenvalue weighted by Crippen LogP contribution is 2.22. The number of amides is 1. The molecule has 2 N–H and O–H groups in total. The fraction of sp³-hybridized carbons (Fsp3) is 0.909. The van der Waals surface area contributed by atoms with Crippen molar-refractivity contribution in [1.82, 2.24) is 10.6 Å². The summed E-state index contributed by atoms with van der Waals surface area (Å²) in [6.45, 7) is 6.78. The third-order valence-corrected chi connectivity index (χ3v) is 1.95. The Labute approximate surface area is 105 Å². The second kappa shape index (κ2) is 6.82. The number of hydrogen-bond acceptors (Lipinski definition) is 3. The Kier molecular flexibility index (Phi) is 6.45. The van der Waals surface area contributed by atoms with Crippen LogP contribution < -0.4 is 10.6 Å². The van der Waals surface area contributed by atoms with Crippen LogP contribution in [0.1, 0.15) is 34.1 Å². The molecule has 108 valence electrons. The van der Waals surface area contributed by atoms with Crippen molar-refractivity contribution < 1.29 is 22.7 Å². The topological polar surface area (TPSA) is 50.4 Å². The van der Waals surface area contributed by atoms with Crippen LogP contribution in [0.5, 0.6) is 0 Å². The van der Waals surface area contributed by atoms with Crippen LogP contribution >= 0.6 is 0 Å². The Hall–Kier alpha value is -0.980. The first-order valence-corrected chi connectivity index (χ1v) is 5.83. The molecule has 0 rings (SSSR count). The van der Waals surface area contributed by atoms with E-state index in [0.29, 0.717) is 0 Å². The summed E-state index contributed by atoms with van der Waals surface area (Å²) in [5.41, 5.74) is -0.658. The van der Waals surface area contributed by atoms with Gasteiger partial charge in [-0.3, -0.25) is 0 Å². The van der Waals surface area contributed by atoms with E-state index in [-0.39, 0.29) is 19.5 Å². The number of rotatable bonds is 5. The Morgan fingerprint density at radius 3 is 2.22 bits per heavy atom. The number of halogens is 3. The second-order valence-corrected chi connectivity index (χ2v) is 4.87. The number of alkyl carbamates (subject to hydrolysis) is 1. The fourth-order valence-electron chi connectivity index (χ4n) is 1.26. The lowest BCUT2D eigenvalue weighted by molar-refractivity contribution is -0.156. The lowest BCUT2D eigenvalue weighted by Crippen LogP contribution is -2.44. The first kappa shape index (κ1) is 17.0. The molecule has 0 saturated carbocycles. The first-order chi connectivity index (χ1) is 8.06. The van der Waals surface area contributed by atoms with Gasteiger partial charge in [-0.25, -0.2) is 4.79 Å². The molecule has 18 heavy (non-hydrogen) atoms. The highest BCUT2D eigenvalue weighted by atomic mass is 19.4. The lowest BCUT2D eigenvalue weighted by atomic mass is 10.2. The van der Waals surface area contributed by atoms with E-state index in [4.69, 9.17) is 4.74 Å². The number of alkyl halides is 3. The maximum absolute atomic E-state index is 12.5. The standard InChI is InChI=1S/C11H21F3N2O2/c1-5-15-8(11(12,13)14)6-7-16-9(17)18-10(2,3)4/h8,15H,5-7H2,1-4H3,(H,16,17). The Morgan fingerprint density at radius 2 is 1.83 bits per heavy atom. The van der Waals surface area contributed by atoms with E-state index in [0.717, 1.165) is 0 Å². The van der Waals surface area contributed by atoms with Crippen molar-refractivity contribution in [2.45, 2.75) is 51.9 Å². The Balaban J connectivity index is 4.04. The molecule has 0 spiro atoms. The Bertz CT molecular complexity index is 262. The van der Waals surface area contributed by atoms with Crippen LogP contribution in [0.25, 0.3) is 0 Å². The van der Waals surface area contributed by atoms with Crippen molar-refractivity contribution in [1.29, 1.82) is 0 Å². The minimum absolute atomic E-state index is 0.0912. The highest BCUT2D eigenvalue weighted by molar-refractivity contribution is 5.67. The summed E-state index contributed by atoms with van der Waals surface area (Å²) in [7, 11) is 0. The van der Waals surface area contributed by atoms with Crippen LogP contribution in [0.15, 0.2) is 0 Å². The summed E-state index contributed by atoms with van der Waals surface area (Å²) in [6.07, 6.45) is -5.25. The predicted octanol–water partition coefficient (Wildman–Crippen LogP) is 2.44. The molecule has 1 amide bonds. The Morgan fingerprint density at radius 1 is 1.28 bits per heavy atom. The summed E-state index contributed by atoms with van der Waals surface area (Å²) in [6, 6.07) is -1.61. The smallest absolute Gasteiger partial charge is 0.407 e. The zero-order chi connectivity index (χ0) is 14.4. The van der Waals surface area contributed by atoms with Crippen LogP contribution in [0.4, 0.5) is 18.0 Å². The van der Waals surface area contributed by atoms with Crippen molar-refractivity contribution >= 4 is 6.09 Å². The summed E-state index contributed by atoms with van der Waals surface area (Å²) in [5, 5.41) is 4.63. The van der Waals surface area contributed by atoms with Gasteiger partial charge in [0, 0.05) is 6.54 Å². The van der Waals surface area contributed by atoms with Crippen molar-refractivity contribution in [2.24, 2.45) is 0 Å². The SMILES string of the molecule is CCNC(CCNC(=O)OC(C)(C)C)C(F)(F)F. The van der Waals surface area contributed by atoms with E-state index in [9.17, 15) is 18.0 Å². The lowest BCUT2D eigenvalue weighted by Gasteiger charge is -2.22. The number of carbonyl (C=O) groups excluding carboxylic acids is 1. The fourth-order valence-corrected chi connectivity index (χ4v) is 1.26. The number of carbonyl (C=O) groups is 1. The molecule has 1 unspecified atom stereocenters. The zero-order valence-electron chi connectivity index (χ0n) is 11.1. The zero-order valence-corrected chi connectivity index (χ0v) is 11.1. The van der Waals surface area contributed by atoms with Gasteiger partial charge in [0.05, 0.1) is 0 Å². The highest BCUT2D eigenvalue weighted by Gasteiger charge is 2.38. The summed E-state index contributed by atoms with van der Waals surface area (Å²) in [5.74, 6) is 0. The molecule has 0 aromatic rings. The predicted molar refractivity (Wildman–Crippen MR) is 62.4 cm³/mol. The van der Waals surface area contributed by atoms with Gasteiger partial charge in [-0.05, 0) is 33.7 Å². The molecule has 0 saturated heterocycles. The van der Waals surface area contributed by atoms with Crippen molar-refractivity contribution in [3.63, 3.8) is 0 Å². The van der Waals surface area contributed by atoms with Gasteiger partial charge in [-0.1, -0.05) is 6.92 Å². The third-order valence-electron chi connectivity index (χ3n) is 1.95. The average Bonchev–Trinajstić information content (AvgIpc) is 2.11. The minimum atomic E-state index is -4.31. The minimum Gasteiger partial charge on any atom is -0.444 e. The van der Waals surface area contributed by atoms with Crippen LogP contribution in [-0.2, 0) is 4.74 Å². The second-order valence-electron chi connectivity index (χ2n) is 4.87. The molecule has 7 heteroatoms. The van der Waals surface area contributed by atoms with E-state index < -0.39 is 23.9 Å². The molecular formula is C11H21F3N2O2. The summed E-state index contributed by atoms with van der Waals surface area (Å²) >= 11 is 0. The molecule has 0 aromatic heterocycles. The number of nitrogens with one attached hydrogen (secondary N) is 2. The van der Waals surface area contributed by atoms with Gasteiger partial charge >= 0.3 is 12.3 Å². The van der Waals surface area contributed by atoms with Crippen LogP contribution in [0.2, 0.25) is 0 Å². The van der Waals surface area contributed by atoms with E-state index >= 15 is 0 Å². The molecular weight excluding hydrogens is 249 g/mol. The number of ether oxygens (including phenoxy) is 1. The number of hydrogen-bond donors (Lipinski definition) is 2. The summed E-state index contributed by atoms with van der Waals surface area (Å²) in [4.78, 5) is 11.2. The van der Waals surface area contributed by atoms with Crippen molar-refractivity contribution in [3.05, 3.63) is 0 Å². The van der Waals surface area contributed by atoms with Crippen LogP contribution in [0, 0.1) is 0 Å². The van der Waals surface area contributed by atoms with E-state index in [1.165, 1.54) is 0 Å². The van der Waals surface area contributed by atoms with Gasteiger partial charge in [0.1, 0.15) is 11.6 Å². The first-order valence-electron chi connectivity index (χ1n) is 5.83. The third kappa shape index (κ3) is 8.16. The van der Waals surface area contributed by atoms with E-state index in [1.54, 1.807) is 27.7 Å². The molecule has 0 fully saturated rings. The quantitative estimate of drug-likeness (QED) is 0.806. The van der Waals surface area contributed by atoms with E-state index in [1.807, 2.05) is 0 Å². The van der Waals surface area contributed by atoms with Gasteiger partial charge in [0.15, 0.2) is 0 Å². The van der Waals surface area contributed by atoms with Gasteiger partial charge in [-0.2, -0.15) is 13.2 Å². The molecule has 0 aromatic carbocycles. The van der Waals surface area contributed by atoms with Gasteiger partial charge in [0.2, 0.25) is 0 Å². The van der Waals surface area contributed by atoms with Gasteiger partial charge < -0.3 is 15.4 Å². The van der Waals surface area contributed by atoms with Gasteiger partial charge in [-0.15, -0.1) is 0 Å². The summed E-state index contributed by atoms with van der Waals surface area (Å²) < 4.78 is 42.4. The van der Waals surface area contributed by atoms with E-state index in [2.05, 4.69) is 10.6 Å². The molecule has 0 aliphatic carbocycles. The average molecular weight is 270 g/mol. The molecule has 0 aliphatic rings. The molecule has 1 atom stereocenters. The largest absolute Gasteiger partial charge is 0.444 e. The maximum atomic E-state index is 12.5. The monoisotopic (exact) mass is 270 g/mol. The van der Waals surface area contributed by atoms with Gasteiger partial charge in [0.25, 0.3) is 0 Å². The molecule has 0 heterocycles. The molecule has 0 bridgehead atoms. The molecule has 0 radical (unpaired) electrons. The van der Waals surface area contributed by atoms with Crippen LogP contribution in [0.3, 0.4) is 0 Å².